The molecule has 23 heavy (non-hydrogen) atoms. The standard InChI is InChI=1S/C17H24BNO4/c1-16(2)17(3,4)23-18(22-16)14(11-19)9-12-7-5-6-8-13(12)10-15(20)21/h5-9H,10-11,19H2,1-4H3,(H,20,21). The lowest BCUT2D eigenvalue weighted by atomic mass is 9.76. The van der Waals surface area contributed by atoms with Crippen LogP contribution in [0.5, 0.6) is 0 Å². The van der Waals surface area contributed by atoms with E-state index in [-0.39, 0.29) is 13.0 Å². The Kier molecular flexibility index (Phi) is 4.99. The van der Waals surface area contributed by atoms with Gasteiger partial charge in [-0.15, -0.1) is 0 Å². The molecule has 0 spiro atoms. The zero-order valence-corrected chi connectivity index (χ0v) is 14.1. The number of aliphatic carboxylic acids is 1. The molecule has 1 fully saturated rings. The Morgan fingerprint density at radius 1 is 1.22 bits per heavy atom. The van der Waals surface area contributed by atoms with Gasteiger partial charge >= 0.3 is 13.1 Å². The highest BCUT2D eigenvalue weighted by Gasteiger charge is 2.52. The highest BCUT2D eigenvalue weighted by atomic mass is 16.7. The SMILES string of the molecule is CC1(C)OB(C(=Cc2ccccc2CC(=O)O)CN)OC1(C)C. The lowest BCUT2D eigenvalue weighted by Gasteiger charge is -2.32. The highest BCUT2D eigenvalue weighted by molar-refractivity contribution is 6.55. The van der Waals surface area contributed by atoms with E-state index in [1.54, 1.807) is 6.07 Å². The highest BCUT2D eigenvalue weighted by Crippen LogP contribution is 2.38. The Morgan fingerprint density at radius 2 is 1.78 bits per heavy atom. The van der Waals surface area contributed by atoms with Gasteiger partial charge in [0.05, 0.1) is 17.6 Å². The predicted molar refractivity (Wildman–Crippen MR) is 90.9 cm³/mol. The van der Waals surface area contributed by atoms with Gasteiger partial charge in [-0.1, -0.05) is 30.3 Å². The number of carboxylic acid groups (broad SMARTS) is 1. The van der Waals surface area contributed by atoms with Gasteiger partial charge in [0.2, 0.25) is 0 Å². The Morgan fingerprint density at radius 3 is 2.30 bits per heavy atom. The third-order valence-electron chi connectivity index (χ3n) is 4.53. The largest absolute Gasteiger partial charge is 0.491 e. The van der Waals surface area contributed by atoms with Crippen molar-refractivity contribution >= 4 is 19.2 Å². The van der Waals surface area contributed by atoms with Crippen molar-refractivity contribution in [3.63, 3.8) is 0 Å². The maximum absolute atomic E-state index is 11.0. The molecule has 2 rings (SSSR count). The van der Waals surface area contributed by atoms with Crippen LogP contribution in [0.25, 0.3) is 6.08 Å². The van der Waals surface area contributed by atoms with Gasteiger partial charge < -0.3 is 20.1 Å². The van der Waals surface area contributed by atoms with Gasteiger partial charge in [0, 0.05) is 6.54 Å². The van der Waals surface area contributed by atoms with E-state index >= 15 is 0 Å². The van der Waals surface area contributed by atoms with Crippen LogP contribution in [-0.4, -0.2) is 35.9 Å². The van der Waals surface area contributed by atoms with Gasteiger partial charge in [-0.05, 0) is 44.3 Å². The van der Waals surface area contributed by atoms with Crippen LogP contribution in [0.1, 0.15) is 38.8 Å². The van der Waals surface area contributed by atoms with Crippen LogP contribution in [0.15, 0.2) is 29.7 Å². The van der Waals surface area contributed by atoms with E-state index in [0.29, 0.717) is 0 Å². The van der Waals surface area contributed by atoms with Crippen LogP contribution < -0.4 is 5.73 Å². The van der Waals surface area contributed by atoms with E-state index in [0.717, 1.165) is 16.6 Å². The lowest BCUT2D eigenvalue weighted by Crippen LogP contribution is -2.41. The topological polar surface area (TPSA) is 81.8 Å². The molecule has 0 bridgehead atoms. The summed E-state index contributed by atoms with van der Waals surface area (Å²) >= 11 is 0. The molecule has 5 nitrogen and oxygen atoms in total. The molecule has 0 aliphatic carbocycles. The first kappa shape index (κ1) is 17.7. The summed E-state index contributed by atoms with van der Waals surface area (Å²) in [5.74, 6) is -0.865. The molecular weight excluding hydrogens is 293 g/mol. The van der Waals surface area contributed by atoms with Gasteiger partial charge in [0.15, 0.2) is 0 Å². The van der Waals surface area contributed by atoms with Crippen LogP contribution in [-0.2, 0) is 20.5 Å². The number of hydrogen-bond acceptors (Lipinski definition) is 4. The Labute approximate surface area is 137 Å². The molecule has 6 heteroatoms. The van der Waals surface area contributed by atoms with Gasteiger partial charge in [-0.25, -0.2) is 0 Å². The van der Waals surface area contributed by atoms with Crippen LogP contribution in [0.3, 0.4) is 0 Å². The molecular formula is C17H24BNO4. The number of nitrogens with two attached hydrogens (primary N) is 1. The van der Waals surface area contributed by atoms with Crippen molar-refractivity contribution in [3.8, 4) is 0 Å². The van der Waals surface area contributed by atoms with Crippen molar-refractivity contribution in [2.45, 2.75) is 45.3 Å². The van der Waals surface area contributed by atoms with Gasteiger partial charge in [-0.3, -0.25) is 4.79 Å². The third kappa shape index (κ3) is 3.83. The van der Waals surface area contributed by atoms with Crippen molar-refractivity contribution in [2.24, 2.45) is 5.73 Å². The minimum Gasteiger partial charge on any atom is -0.481 e. The van der Waals surface area contributed by atoms with Crippen LogP contribution in [0.4, 0.5) is 0 Å². The summed E-state index contributed by atoms with van der Waals surface area (Å²) in [4.78, 5) is 11.0. The lowest BCUT2D eigenvalue weighted by molar-refractivity contribution is -0.136. The Hall–Kier alpha value is -1.63. The van der Waals surface area contributed by atoms with Crippen LogP contribution >= 0.6 is 0 Å². The van der Waals surface area contributed by atoms with Crippen molar-refractivity contribution in [1.29, 1.82) is 0 Å². The van der Waals surface area contributed by atoms with E-state index in [9.17, 15) is 4.79 Å². The number of carbonyl (C=O) groups is 1. The maximum atomic E-state index is 11.0. The summed E-state index contributed by atoms with van der Waals surface area (Å²) in [6, 6.07) is 7.37. The average Bonchev–Trinajstić information content (AvgIpc) is 2.65. The van der Waals surface area contributed by atoms with Crippen LogP contribution in [0, 0.1) is 0 Å². The number of carboxylic acids is 1. The van der Waals surface area contributed by atoms with E-state index in [1.165, 1.54) is 0 Å². The first-order chi connectivity index (χ1) is 10.7. The van der Waals surface area contributed by atoms with Crippen molar-refractivity contribution in [3.05, 3.63) is 40.9 Å². The molecule has 1 saturated heterocycles. The second kappa shape index (κ2) is 6.47. The van der Waals surface area contributed by atoms with E-state index in [4.69, 9.17) is 20.1 Å². The fraction of sp³-hybridized carbons (Fsp3) is 0.471. The molecule has 0 amide bonds. The summed E-state index contributed by atoms with van der Waals surface area (Å²) in [7, 11) is -0.525. The molecule has 0 unspecified atom stereocenters. The third-order valence-corrected chi connectivity index (χ3v) is 4.53. The maximum Gasteiger partial charge on any atom is 0.491 e. The molecule has 1 aliphatic heterocycles. The molecule has 1 heterocycles. The summed E-state index contributed by atoms with van der Waals surface area (Å²) in [6.07, 6.45) is 1.84. The fourth-order valence-electron chi connectivity index (χ4n) is 2.42. The smallest absolute Gasteiger partial charge is 0.481 e. The molecule has 1 aromatic rings. The van der Waals surface area contributed by atoms with Gasteiger partial charge in [0.1, 0.15) is 0 Å². The zero-order valence-electron chi connectivity index (χ0n) is 14.1. The quantitative estimate of drug-likeness (QED) is 0.814. The number of benzene rings is 1. The molecule has 1 aliphatic rings. The second-order valence-electron chi connectivity index (χ2n) is 6.78. The van der Waals surface area contributed by atoms with E-state index < -0.39 is 24.3 Å². The summed E-state index contributed by atoms with van der Waals surface area (Å²) in [5, 5.41) is 9.04. The fourth-order valence-corrected chi connectivity index (χ4v) is 2.42. The first-order valence-electron chi connectivity index (χ1n) is 7.72. The minimum absolute atomic E-state index is 0.0338. The average molecular weight is 317 g/mol. The Balaban J connectivity index is 2.32. The molecule has 0 saturated carbocycles. The van der Waals surface area contributed by atoms with Crippen molar-refractivity contribution in [1.82, 2.24) is 0 Å². The van der Waals surface area contributed by atoms with Gasteiger partial charge in [-0.2, -0.15) is 0 Å². The van der Waals surface area contributed by atoms with E-state index in [2.05, 4.69) is 0 Å². The normalized spacial score (nSPS) is 19.9. The minimum atomic E-state index is -0.865. The Bertz CT molecular complexity index is 609. The molecule has 1 aromatic carbocycles. The van der Waals surface area contributed by atoms with Crippen molar-refractivity contribution < 1.29 is 19.2 Å². The summed E-state index contributed by atoms with van der Waals surface area (Å²) in [6.45, 7) is 8.22. The van der Waals surface area contributed by atoms with E-state index in [1.807, 2.05) is 52.0 Å². The number of hydrogen-bond donors (Lipinski definition) is 2. The first-order valence-corrected chi connectivity index (χ1v) is 7.72. The molecule has 0 atom stereocenters. The van der Waals surface area contributed by atoms with Crippen LogP contribution in [0.2, 0.25) is 0 Å². The molecule has 0 aromatic heterocycles. The predicted octanol–water partition coefficient (Wildman–Crippen LogP) is 2.29. The van der Waals surface area contributed by atoms with Crippen molar-refractivity contribution in [2.75, 3.05) is 6.54 Å². The number of rotatable bonds is 5. The molecule has 0 radical (unpaired) electrons. The summed E-state index contributed by atoms with van der Waals surface area (Å²) < 4.78 is 12.0. The molecule has 124 valence electrons. The monoisotopic (exact) mass is 317 g/mol. The molecule has 3 N–H and O–H groups in total. The second-order valence-corrected chi connectivity index (χ2v) is 6.78. The summed E-state index contributed by atoms with van der Waals surface area (Å²) in [5.41, 5.74) is 7.36. The van der Waals surface area contributed by atoms with Gasteiger partial charge in [0.25, 0.3) is 0 Å². The zero-order chi connectivity index (χ0) is 17.3.